The van der Waals surface area contributed by atoms with Crippen LogP contribution in [0.15, 0.2) is 17.0 Å². The largest absolute Gasteiger partial charge is 0.477 e. The smallest absolute Gasteiger partial charge is 0.347 e. The van der Waals surface area contributed by atoms with Gasteiger partial charge in [0, 0.05) is 0 Å². The number of aromatic nitrogens is 3. The standard InChI is InChI=1S/C9H6BrN3O2S/c1-4-7(9(14)15)16-8(13-4)5-2-12-6(10)3-11-5/h2-3H,1H3,(H,14,15). The van der Waals surface area contributed by atoms with Gasteiger partial charge in [-0.1, -0.05) is 0 Å². The molecule has 0 radical (unpaired) electrons. The van der Waals surface area contributed by atoms with Crippen LogP contribution in [0, 0.1) is 6.92 Å². The molecule has 7 heteroatoms. The van der Waals surface area contributed by atoms with Crippen LogP contribution in [0.25, 0.3) is 10.7 Å². The maximum atomic E-state index is 10.8. The van der Waals surface area contributed by atoms with Gasteiger partial charge < -0.3 is 5.11 Å². The molecule has 1 N–H and O–H groups in total. The first-order chi connectivity index (χ1) is 7.58. The summed E-state index contributed by atoms with van der Waals surface area (Å²) in [6.07, 6.45) is 3.10. The summed E-state index contributed by atoms with van der Waals surface area (Å²) in [5, 5.41) is 9.46. The minimum absolute atomic E-state index is 0.236. The van der Waals surface area contributed by atoms with Crippen molar-refractivity contribution in [2.24, 2.45) is 0 Å². The lowest BCUT2D eigenvalue weighted by Crippen LogP contribution is -1.94. The number of carbonyl (C=O) groups is 1. The lowest BCUT2D eigenvalue weighted by Gasteiger charge is -1.93. The molecule has 2 aromatic heterocycles. The molecule has 0 aromatic carbocycles. The normalized spacial score (nSPS) is 10.4. The van der Waals surface area contributed by atoms with Crippen LogP contribution in [-0.2, 0) is 0 Å². The van der Waals surface area contributed by atoms with Crippen molar-refractivity contribution in [3.05, 3.63) is 27.6 Å². The van der Waals surface area contributed by atoms with E-state index in [0.29, 0.717) is 21.0 Å². The molecule has 0 saturated carbocycles. The van der Waals surface area contributed by atoms with E-state index in [4.69, 9.17) is 5.11 Å². The summed E-state index contributed by atoms with van der Waals surface area (Å²) in [7, 11) is 0. The number of thiazole rings is 1. The fourth-order valence-electron chi connectivity index (χ4n) is 1.13. The number of rotatable bonds is 2. The van der Waals surface area contributed by atoms with Crippen molar-refractivity contribution in [1.82, 2.24) is 15.0 Å². The molecule has 0 bridgehead atoms. The number of nitrogens with zero attached hydrogens (tertiary/aromatic N) is 3. The highest BCUT2D eigenvalue weighted by Gasteiger charge is 2.15. The lowest BCUT2D eigenvalue weighted by atomic mass is 10.4. The van der Waals surface area contributed by atoms with Gasteiger partial charge in [-0.3, -0.25) is 0 Å². The molecule has 0 atom stereocenters. The third-order valence-corrected chi connectivity index (χ3v) is 3.41. The van der Waals surface area contributed by atoms with Crippen LogP contribution in [-0.4, -0.2) is 26.0 Å². The Kier molecular flexibility index (Phi) is 2.97. The van der Waals surface area contributed by atoms with E-state index < -0.39 is 5.97 Å². The second kappa shape index (κ2) is 4.26. The maximum Gasteiger partial charge on any atom is 0.347 e. The summed E-state index contributed by atoms with van der Waals surface area (Å²) in [6.45, 7) is 1.66. The molecule has 0 fully saturated rings. The van der Waals surface area contributed by atoms with Gasteiger partial charge in [0.1, 0.15) is 20.2 Å². The number of hydrogen-bond acceptors (Lipinski definition) is 5. The summed E-state index contributed by atoms with van der Waals surface area (Å²) in [5.41, 5.74) is 1.07. The van der Waals surface area contributed by atoms with Gasteiger partial charge in [0.2, 0.25) is 0 Å². The van der Waals surface area contributed by atoms with Crippen LogP contribution in [0.1, 0.15) is 15.4 Å². The SMILES string of the molecule is Cc1nc(-c2cnc(Br)cn2)sc1C(=O)O. The Morgan fingerprint density at radius 3 is 2.69 bits per heavy atom. The summed E-state index contributed by atoms with van der Waals surface area (Å²) < 4.78 is 0.628. The van der Waals surface area contributed by atoms with Gasteiger partial charge in [0.05, 0.1) is 18.1 Å². The van der Waals surface area contributed by atoms with Crippen molar-refractivity contribution in [3.8, 4) is 10.7 Å². The summed E-state index contributed by atoms with van der Waals surface area (Å²) in [6, 6.07) is 0. The van der Waals surface area contributed by atoms with Gasteiger partial charge >= 0.3 is 5.97 Å². The zero-order valence-corrected chi connectivity index (χ0v) is 10.5. The zero-order valence-electron chi connectivity index (χ0n) is 8.14. The first-order valence-electron chi connectivity index (χ1n) is 4.26. The van der Waals surface area contributed by atoms with Crippen molar-refractivity contribution in [2.75, 3.05) is 0 Å². The maximum absolute atomic E-state index is 10.8. The number of hydrogen-bond donors (Lipinski definition) is 1. The van der Waals surface area contributed by atoms with Gasteiger partial charge in [-0.2, -0.15) is 0 Å². The minimum atomic E-state index is -0.966. The van der Waals surface area contributed by atoms with Crippen molar-refractivity contribution in [2.45, 2.75) is 6.92 Å². The number of carboxylic acid groups (broad SMARTS) is 1. The van der Waals surface area contributed by atoms with E-state index >= 15 is 0 Å². The lowest BCUT2D eigenvalue weighted by molar-refractivity contribution is 0.0701. The fourth-order valence-corrected chi connectivity index (χ4v) is 2.20. The van der Waals surface area contributed by atoms with Crippen LogP contribution < -0.4 is 0 Å². The number of aromatic carboxylic acids is 1. The van der Waals surface area contributed by atoms with Crippen molar-refractivity contribution in [1.29, 1.82) is 0 Å². The van der Waals surface area contributed by atoms with Crippen LogP contribution in [0.2, 0.25) is 0 Å². The number of carboxylic acids is 1. The minimum Gasteiger partial charge on any atom is -0.477 e. The molecule has 5 nitrogen and oxygen atoms in total. The molecule has 2 rings (SSSR count). The van der Waals surface area contributed by atoms with E-state index in [-0.39, 0.29) is 4.88 Å². The average Bonchev–Trinajstić information content (AvgIpc) is 2.61. The topological polar surface area (TPSA) is 76.0 Å². The average molecular weight is 300 g/mol. The van der Waals surface area contributed by atoms with E-state index in [1.165, 1.54) is 0 Å². The van der Waals surface area contributed by atoms with Gasteiger partial charge in [-0.25, -0.2) is 19.7 Å². The van der Waals surface area contributed by atoms with Crippen LogP contribution in [0.3, 0.4) is 0 Å². The third kappa shape index (κ3) is 2.10. The number of aryl methyl sites for hydroxylation is 1. The molecule has 0 amide bonds. The van der Waals surface area contributed by atoms with Crippen LogP contribution in [0.5, 0.6) is 0 Å². The molecule has 0 spiro atoms. The Bertz CT molecular complexity index is 538. The molecule has 16 heavy (non-hydrogen) atoms. The molecular formula is C9H6BrN3O2S. The van der Waals surface area contributed by atoms with Crippen molar-refractivity contribution in [3.63, 3.8) is 0 Å². The first-order valence-corrected chi connectivity index (χ1v) is 5.87. The molecule has 0 aliphatic carbocycles. The molecule has 0 aliphatic heterocycles. The molecule has 0 aliphatic rings. The highest BCUT2D eigenvalue weighted by atomic mass is 79.9. The van der Waals surface area contributed by atoms with E-state index in [2.05, 4.69) is 30.9 Å². The second-order valence-electron chi connectivity index (χ2n) is 2.96. The van der Waals surface area contributed by atoms with E-state index in [1.54, 1.807) is 19.3 Å². The predicted molar refractivity (Wildman–Crippen MR) is 62.5 cm³/mol. The molecular weight excluding hydrogens is 294 g/mol. The van der Waals surface area contributed by atoms with Crippen LogP contribution >= 0.6 is 27.3 Å². The zero-order chi connectivity index (χ0) is 11.7. The number of halogens is 1. The van der Waals surface area contributed by atoms with Crippen LogP contribution in [0.4, 0.5) is 0 Å². The highest BCUT2D eigenvalue weighted by molar-refractivity contribution is 9.10. The Balaban J connectivity index is 2.45. The monoisotopic (exact) mass is 299 g/mol. The Morgan fingerprint density at radius 2 is 2.19 bits per heavy atom. The highest BCUT2D eigenvalue weighted by Crippen LogP contribution is 2.26. The quantitative estimate of drug-likeness (QED) is 0.921. The fraction of sp³-hybridized carbons (Fsp3) is 0.111. The van der Waals surface area contributed by atoms with Crippen molar-refractivity contribution < 1.29 is 9.90 Å². The predicted octanol–water partition coefficient (Wildman–Crippen LogP) is 2.37. The molecule has 2 aromatic rings. The molecule has 0 saturated heterocycles. The van der Waals surface area contributed by atoms with Gasteiger partial charge in [-0.05, 0) is 22.9 Å². The first kappa shape index (κ1) is 11.2. The van der Waals surface area contributed by atoms with Gasteiger partial charge in [-0.15, -0.1) is 11.3 Å². The molecule has 0 unspecified atom stereocenters. The molecule has 82 valence electrons. The van der Waals surface area contributed by atoms with E-state index in [1.807, 2.05) is 0 Å². The molecule has 2 heterocycles. The van der Waals surface area contributed by atoms with Gasteiger partial charge in [0.15, 0.2) is 0 Å². The Labute approximate surface area is 103 Å². The Hall–Kier alpha value is -1.34. The Morgan fingerprint density at radius 1 is 1.44 bits per heavy atom. The third-order valence-electron chi connectivity index (χ3n) is 1.83. The van der Waals surface area contributed by atoms with E-state index in [0.717, 1.165) is 11.3 Å². The second-order valence-corrected chi connectivity index (χ2v) is 4.77. The van der Waals surface area contributed by atoms with E-state index in [9.17, 15) is 4.79 Å². The summed E-state index contributed by atoms with van der Waals surface area (Å²) in [4.78, 5) is 23.4. The summed E-state index contributed by atoms with van der Waals surface area (Å²) in [5.74, 6) is -0.966. The van der Waals surface area contributed by atoms with Gasteiger partial charge in [0.25, 0.3) is 0 Å². The van der Waals surface area contributed by atoms with Crippen molar-refractivity contribution >= 4 is 33.2 Å². The summed E-state index contributed by atoms with van der Waals surface area (Å²) >= 11 is 4.27.